The average molecular weight is 274 g/mol. The lowest BCUT2D eigenvalue weighted by atomic mass is 10.1. The van der Waals surface area contributed by atoms with Gasteiger partial charge in [0.05, 0.1) is 6.61 Å². The summed E-state index contributed by atoms with van der Waals surface area (Å²) < 4.78 is 10.6. The van der Waals surface area contributed by atoms with E-state index < -0.39 is 5.97 Å². The number of hydrogen-bond acceptors (Lipinski definition) is 4. The van der Waals surface area contributed by atoms with E-state index in [4.69, 9.17) is 9.47 Å². The first-order valence-electron chi connectivity index (χ1n) is 6.81. The highest BCUT2D eigenvalue weighted by molar-refractivity contribution is 5.86. The van der Waals surface area contributed by atoms with Gasteiger partial charge in [0.25, 0.3) is 0 Å². The zero-order valence-corrected chi connectivity index (χ0v) is 11.3. The fraction of sp³-hybridized carbons (Fsp3) is 0.375. The van der Waals surface area contributed by atoms with Gasteiger partial charge >= 0.3 is 5.97 Å². The third-order valence-corrected chi connectivity index (χ3v) is 3.04. The Labute approximate surface area is 118 Å². The number of Topliss-reactive ketones (excluding diaryl/α,β-unsaturated/α-hetero) is 1. The molecule has 1 aromatic carbocycles. The van der Waals surface area contributed by atoms with Crippen LogP contribution in [0.15, 0.2) is 42.2 Å². The van der Waals surface area contributed by atoms with Crippen molar-refractivity contribution >= 4 is 11.8 Å². The van der Waals surface area contributed by atoms with Crippen molar-refractivity contribution in [3.8, 4) is 0 Å². The Morgan fingerprint density at radius 3 is 2.80 bits per heavy atom. The van der Waals surface area contributed by atoms with E-state index >= 15 is 0 Å². The maximum Gasteiger partial charge on any atom is 0.373 e. The third-order valence-electron chi connectivity index (χ3n) is 3.04. The van der Waals surface area contributed by atoms with Gasteiger partial charge in [-0.15, -0.1) is 0 Å². The summed E-state index contributed by atoms with van der Waals surface area (Å²) in [4.78, 5) is 23.3. The molecule has 0 fully saturated rings. The molecule has 1 aliphatic rings. The first-order valence-corrected chi connectivity index (χ1v) is 6.81. The first-order chi connectivity index (χ1) is 9.75. The smallest absolute Gasteiger partial charge is 0.373 e. The molecule has 0 amide bonds. The Balaban J connectivity index is 1.88. The van der Waals surface area contributed by atoms with E-state index in [-0.39, 0.29) is 24.8 Å². The SMILES string of the molecule is O=C1CCC/C=C(/C(=O)OCc2ccccc2)OCC1. The molecule has 0 unspecified atom stereocenters. The summed E-state index contributed by atoms with van der Waals surface area (Å²) in [7, 11) is 0. The van der Waals surface area contributed by atoms with Crippen molar-refractivity contribution in [1.29, 1.82) is 0 Å². The Morgan fingerprint density at radius 2 is 2.00 bits per heavy atom. The van der Waals surface area contributed by atoms with Crippen LogP contribution >= 0.6 is 0 Å². The second-order valence-corrected chi connectivity index (χ2v) is 4.66. The molecule has 0 saturated heterocycles. The molecular weight excluding hydrogens is 256 g/mol. The van der Waals surface area contributed by atoms with Gasteiger partial charge in [-0.05, 0) is 24.5 Å². The molecule has 0 N–H and O–H groups in total. The molecule has 1 aromatic rings. The number of benzene rings is 1. The summed E-state index contributed by atoms with van der Waals surface area (Å²) in [6.45, 7) is 0.463. The van der Waals surface area contributed by atoms with Gasteiger partial charge in [-0.1, -0.05) is 30.3 Å². The van der Waals surface area contributed by atoms with Gasteiger partial charge in [-0.2, -0.15) is 0 Å². The molecular formula is C16H18O4. The minimum Gasteiger partial charge on any atom is -0.486 e. The van der Waals surface area contributed by atoms with E-state index in [2.05, 4.69) is 0 Å². The molecule has 20 heavy (non-hydrogen) atoms. The molecule has 0 aliphatic carbocycles. The Kier molecular flexibility index (Phi) is 5.35. The quantitative estimate of drug-likeness (QED) is 0.795. The lowest BCUT2D eigenvalue weighted by Crippen LogP contribution is -2.12. The molecule has 4 nitrogen and oxygen atoms in total. The third kappa shape index (κ3) is 4.53. The van der Waals surface area contributed by atoms with Crippen molar-refractivity contribution < 1.29 is 19.1 Å². The summed E-state index contributed by atoms with van der Waals surface area (Å²) >= 11 is 0. The fourth-order valence-corrected chi connectivity index (χ4v) is 1.93. The molecule has 0 aromatic heterocycles. The largest absolute Gasteiger partial charge is 0.486 e. The summed E-state index contributed by atoms with van der Waals surface area (Å²) in [6, 6.07) is 9.48. The molecule has 106 valence electrons. The summed E-state index contributed by atoms with van der Waals surface area (Å²) in [5, 5.41) is 0. The number of esters is 1. The van der Waals surface area contributed by atoms with Crippen molar-refractivity contribution in [3.63, 3.8) is 0 Å². The zero-order chi connectivity index (χ0) is 14.2. The van der Waals surface area contributed by atoms with Gasteiger partial charge in [0, 0.05) is 12.8 Å². The van der Waals surface area contributed by atoms with E-state index in [0.29, 0.717) is 19.3 Å². The Hall–Kier alpha value is -2.10. The molecule has 0 bridgehead atoms. The number of allylic oxidation sites excluding steroid dienone is 1. The molecule has 0 radical (unpaired) electrons. The van der Waals surface area contributed by atoms with Crippen LogP contribution < -0.4 is 0 Å². The van der Waals surface area contributed by atoms with E-state index in [1.165, 1.54) is 0 Å². The van der Waals surface area contributed by atoms with Gasteiger partial charge in [-0.25, -0.2) is 4.79 Å². The predicted molar refractivity (Wildman–Crippen MR) is 73.7 cm³/mol. The van der Waals surface area contributed by atoms with Crippen molar-refractivity contribution in [2.75, 3.05) is 6.61 Å². The minimum atomic E-state index is -0.469. The normalized spacial score (nSPS) is 18.8. The van der Waals surface area contributed by atoms with Crippen LogP contribution in [0, 0.1) is 0 Å². The van der Waals surface area contributed by atoms with Crippen molar-refractivity contribution in [3.05, 3.63) is 47.7 Å². The first kappa shape index (κ1) is 14.3. The van der Waals surface area contributed by atoms with E-state index in [9.17, 15) is 9.59 Å². The highest BCUT2D eigenvalue weighted by Gasteiger charge is 2.15. The number of ketones is 1. The van der Waals surface area contributed by atoms with Gasteiger partial charge in [0.1, 0.15) is 12.4 Å². The van der Waals surface area contributed by atoms with Gasteiger partial charge in [-0.3, -0.25) is 4.79 Å². The molecule has 2 rings (SSSR count). The van der Waals surface area contributed by atoms with E-state index in [0.717, 1.165) is 12.0 Å². The maximum atomic E-state index is 11.9. The number of rotatable bonds is 3. The van der Waals surface area contributed by atoms with Crippen LogP contribution in [0.4, 0.5) is 0 Å². The topological polar surface area (TPSA) is 52.6 Å². The summed E-state index contributed by atoms with van der Waals surface area (Å²) in [5.74, 6) is -0.0730. The Morgan fingerprint density at radius 1 is 1.20 bits per heavy atom. The highest BCUT2D eigenvalue weighted by Crippen LogP contribution is 2.12. The van der Waals surface area contributed by atoms with Crippen LogP contribution in [-0.2, 0) is 25.7 Å². The zero-order valence-electron chi connectivity index (χ0n) is 11.3. The molecule has 1 heterocycles. The van der Waals surface area contributed by atoms with Crippen LogP contribution in [0.3, 0.4) is 0 Å². The summed E-state index contributed by atoms with van der Waals surface area (Å²) in [6.07, 6.45) is 4.01. The average Bonchev–Trinajstić information content (AvgIpc) is 2.58. The Bertz CT molecular complexity index is 490. The highest BCUT2D eigenvalue weighted by atomic mass is 16.6. The fourth-order valence-electron chi connectivity index (χ4n) is 1.93. The van der Waals surface area contributed by atoms with Crippen molar-refractivity contribution in [2.45, 2.75) is 32.3 Å². The van der Waals surface area contributed by atoms with Gasteiger partial charge in [0.2, 0.25) is 5.76 Å². The second kappa shape index (κ2) is 7.48. The molecule has 1 aliphatic heterocycles. The van der Waals surface area contributed by atoms with E-state index in [1.54, 1.807) is 6.08 Å². The van der Waals surface area contributed by atoms with Gasteiger partial charge < -0.3 is 9.47 Å². The molecule has 0 saturated carbocycles. The molecule has 4 heteroatoms. The number of hydrogen-bond donors (Lipinski definition) is 0. The van der Waals surface area contributed by atoms with Crippen molar-refractivity contribution in [2.24, 2.45) is 0 Å². The number of ether oxygens (including phenoxy) is 2. The predicted octanol–water partition coefficient (Wildman–Crippen LogP) is 2.77. The monoisotopic (exact) mass is 274 g/mol. The van der Waals surface area contributed by atoms with Crippen LogP contribution in [-0.4, -0.2) is 18.4 Å². The summed E-state index contributed by atoms with van der Waals surface area (Å²) in [5.41, 5.74) is 0.930. The van der Waals surface area contributed by atoms with Crippen LogP contribution in [0.25, 0.3) is 0 Å². The molecule has 0 atom stereocenters. The van der Waals surface area contributed by atoms with E-state index in [1.807, 2.05) is 30.3 Å². The maximum absolute atomic E-state index is 11.9. The van der Waals surface area contributed by atoms with Crippen molar-refractivity contribution in [1.82, 2.24) is 0 Å². The van der Waals surface area contributed by atoms with Crippen LogP contribution in [0.1, 0.15) is 31.2 Å². The lowest BCUT2D eigenvalue weighted by Gasteiger charge is -2.09. The second-order valence-electron chi connectivity index (χ2n) is 4.66. The number of carbonyl (C=O) groups is 2. The lowest BCUT2D eigenvalue weighted by molar-refractivity contribution is -0.144. The van der Waals surface area contributed by atoms with Crippen LogP contribution in [0.2, 0.25) is 0 Å². The number of carbonyl (C=O) groups excluding carboxylic acids is 2. The molecule has 0 spiro atoms. The minimum absolute atomic E-state index is 0.178. The van der Waals surface area contributed by atoms with Crippen LogP contribution in [0.5, 0.6) is 0 Å². The van der Waals surface area contributed by atoms with Gasteiger partial charge in [0.15, 0.2) is 0 Å². The standard InChI is InChI=1S/C16H18O4/c17-14-8-4-5-9-15(19-11-10-14)16(18)20-12-13-6-2-1-3-7-13/h1-3,6-7,9H,4-5,8,10-12H2/b15-9-.